The Morgan fingerprint density at radius 1 is 0.682 bits per heavy atom. The Balaban J connectivity index is 1.25. The molecule has 234 valence electrons. The lowest BCUT2D eigenvalue weighted by Gasteiger charge is -2.35. The number of ether oxygens (including phenoxy) is 2. The van der Waals surface area contributed by atoms with Crippen LogP contribution in [0.5, 0.6) is 0 Å². The molecule has 2 amide bonds. The van der Waals surface area contributed by atoms with Crippen molar-refractivity contribution < 1.29 is 19.1 Å². The van der Waals surface area contributed by atoms with E-state index >= 15 is 0 Å². The topological polar surface area (TPSA) is 116 Å². The first-order valence-corrected chi connectivity index (χ1v) is 15.8. The molecule has 2 aliphatic heterocycles. The lowest BCUT2D eigenvalue weighted by molar-refractivity contribution is 0.00762. The van der Waals surface area contributed by atoms with Gasteiger partial charge in [0.1, 0.15) is 22.9 Å². The van der Waals surface area contributed by atoms with Gasteiger partial charge in [0.05, 0.1) is 34.2 Å². The first kappa shape index (κ1) is 30.0. The van der Waals surface area contributed by atoms with Gasteiger partial charge in [0, 0.05) is 13.1 Å². The molecule has 10 nitrogen and oxygen atoms in total. The third kappa shape index (κ3) is 6.39. The molecule has 0 spiro atoms. The number of H-pyrrole nitrogens is 2. The molecule has 0 radical (unpaired) electrons. The van der Waals surface area contributed by atoms with E-state index in [-0.39, 0.29) is 24.3 Å². The molecule has 2 aromatic carbocycles. The number of rotatable bonds is 3. The number of nitrogens with one attached hydrogen (secondary N) is 2. The van der Waals surface area contributed by atoms with Gasteiger partial charge in [0.2, 0.25) is 0 Å². The van der Waals surface area contributed by atoms with Crippen LogP contribution in [0.25, 0.3) is 33.2 Å². The maximum atomic E-state index is 13.0. The number of nitrogens with zero attached hydrogens (tertiary/aromatic N) is 4. The molecule has 4 heterocycles. The fourth-order valence-corrected chi connectivity index (χ4v) is 6.24. The quantitative estimate of drug-likeness (QED) is 0.246. The fraction of sp³-hybridized carbons (Fsp3) is 0.529. The normalized spacial score (nSPS) is 19.9. The van der Waals surface area contributed by atoms with Crippen LogP contribution >= 0.6 is 0 Å². The van der Waals surface area contributed by atoms with Crippen LogP contribution in [0.3, 0.4) is 0 Å². The minimum absolute atomic E-state index is 0.144. The molecule has 2 atom stereocenters. The van der Waals surface area contributed by atoms with Crippen molar-refractivity contribution in [1.82, 2.24) is 29.7 Å². The minimum Gasteiger partial charge on any atom is -0.444 e. The van der Waals surface area contributed by atoms with Crippen molar-refractivity contribution in [2.45, 2.75) is 103 Å². The highest BCUT2D eigenvalue weighted by Gasteiger charge is 2.34. The molecule has 0 bridgehead atoms. The van der Waals surface area contributed by atoms with Gasteiger partial charge in [-0.25, -0.2) is 19.6 Å². The van der Waals surface area contributed by atoms with E-state index < -0.39 is 11.2 Å². The number of hydrogen-bond acceptors (Lipinski definition) is 6. The monoisotopic (exact) mass is 600 g/mol. The number of likely N-dealkylation sites (tertiary alicyclic amines) is 2. The zero-order valence-corrected chi connectivity index (χ0v) is 26.7. The molecular weight excluding hydrogens is 556 g/mol. The molecule has 10 heteroatoms. The van der Waals surface area contributed by atoms with Crippen LogP contribution in [0, 0.1) is 0 Å². The summed E-state index contributed by atoms with van der Waals surface area (Å²) in [5.74, 6) is 1.58. The van der Waals surface area contributed by atoms with E-state index in [4.69, 9.17) is 19.4 Å². The van der Waals surface area contributed by atoms with Gasteiger partial charge < -0.3 is 19.4 Å². The van der Waals surface area contributed by atoms with Crippen LogP contribution in [-0.2, 0) is 9.47 Å². The highest BCUT2D eigenvalue weighted by Crippen LogP contribution is 2.35. The van der Waals surface area contributed by atoms with Crippen molar-refractivity contribution in [1.29, 1.82) is 0 Å². The summed E-state index contributed by atoms with van der Waals surface area (Å²) in [5, 5.41) is 0. The second-order valence-corrected chi connectivity index (χ2v) is 14.1. The van der Waals surface area contributed by atoms with E-state index in [0.29, 0.717) is 13.1 Å². The molecule has 0 aliphatic carbocycles. The number of piperidine rings is 2. The standard InChI is InChI=1S/C34H44N6O4/c1-33(2,3)43-31(41)39-17-9-7-11-27(39)29-35-23-15-13-21(19-25(23)37-29)22-14-16-24-26(20-22)38-30(36-24)28-12-8-10-18-40(28)32(42)44-34(4,5)6/h13-16,19-20,27-28H,7-12,17-18H2,1-6H3,(H,35,37)(H,36,38)/t27-,28-/m0/s1. The third-order valence-corrected chi connectivity index (χ3v) is 8.23. The van der Waals surface area contributed by atoms with E-state index in [1.165, 1.54) is 0 Å². The average molecular weight is 601 g/mol. The summed E-state index contributed by atoms with van der Waals surface area (Å²) in [6.07, 6.45) is 5.09. The zero-order chi connectivity index (χ0) is 31.2. The Morgan fingerprint density at radius 2 is 1.09 bits per heavy atom. The SMILES string of the molecule is CC(C)(C)OC(=O)N1CCCC[C@H]1c1nc2ccc(-c3ccc4nc([C@@H]5CCCCN5C(=O)OC(C)(C)C)[nH]c4c3)cc2[nH]1. The second-order valence-electron chi connectivity index (χ2n) is 14.1. The molecule has 2 aromatic heterocycles. The molecule has 2 fully saturated rings. The van der Waals surface area contributed by atoms with E-state index in [1.807, 2.05) is 63.5 Å². The molecule has 0 unspecified atom stereocenters. The molecule has 2 aliphatic rings. The minimum atomic E-state index is -0.549. The summed E-state index contributed by atoms with van der Waals surface area (Å²) in [6, 6.07) is 12.1. The predicted molar refractivity (Wildman–Crippen MR) is 170 cm³/mol. The lowest BCUT2D eigenvalue weighted by atomic mass is 10.0. The molecule has 0 saturated carbocycles. The van der Waals surface area contributed by atoms with Crippen molar-refractivity contribution in [3.05, 3.63) is 48.0 Å². The number of amides is 2. The molecule has 4 aromatic rings. The van der Waals surface area contributed by atoms with Crippen LogP contribution in [-0.4, -0.2) is 66.2 Å². The number of benzene rings is 2. The van der Waals surface area contributed by atoms with Crippen molar-refractivity contribution >= 4 is 34.3 Å². The predicted octanol–water partition coefficient (Wildman–Crippen LogP) is 8.03. The van der Waals surface area contributed by atoms with Crippen molar-refractivity contribution in [2.75, 3.05) is 13.1 Å². The van der Waals surface area contributed by atoms with Crippen molar-refractivity contribution in [2.24, 2.45) is 0 Å². The van der Waals surface area contributed by atoms with Gasteiger partial charge in [-0.05, 0) is 115 Å². The van der Waals surface area contributed by atoms with Crippen molar-refractivity contribution in [3.63, 3.8) is 0 Å². The smallest absolute Gasteiger partial charge is 0.410 e. The van der Waals surface area contributed by atoms with Gasteiger partial charge in [0.15, 0.2) is 0 Å². The first-order valence-electron chi connectivity index (χ1n) is 15.8. The maximum Gasteiger partial charge on any atom is 0.410 e. The number of aromatic amines is 2. The summed E-state index contributed by atoms with van der Waals surface area (Å²) < 4.78 is 11.4. The Morgan fingerprint density at radius 3 is 1.48 bits per heavy atom. The zero-order valence-electron chi connectivity index (χ0n) is 26.7. The largest absolute Gasteiger partial charge is 0.444 e. The van der Waals surface area contributed by atoms with Gasteiger partial charge in [-0.15, -0.1) is 0 Å². The van der Waals surface area contributed by atoms with Crippen LogP contribution in [0.2, 0.25) is 0 Å². The number of imidazole rings is 2. The molecular formula is C34H44N6O4. The van der Waals surface area contributed by atoms with E-state index in [1.54, 1.807) is 0 Å². The number of aromatic nitrogens is 4. The number of carbonyl (C=O) groups excluding carboxylic acids is 2. The Hall–Kier alpha value is -4.08. The van der Waals surface area contributed by atoms with E-state index in [2.05, 4.69) is 34.2 Å². The number of hydrogen-bond donors (Lipinski definition) is 2. The average Bonchev–Trinajstić information content (AvgIpc) is 3.59. The van der Waals surface area contributed by atoms with Gasteiger partial charge in [-0.1, -0.05) is 12.1 Å². The number of carbonyl (C=O) groups is 2. The molecule has 2 N–H and O–H groups in total. The summed E-state index contributed by atoms with van der Waals surface area (Å²) >= 11 is 0. The summed E-state index contributed by atoms with van der Waals surface area (Å²) in [6.45, 7) is 12.7. The molecule has 2 saturated heterocycles. The summed E-state index contributed by atoms with van der Waals surface area (Å²) in [7, 11) is 0. The summed E-state index contributed by atoms with van der Waals surface area (Å²) in [4.78, 5) is 46.4. The Kier molecular flexibility index (Phi) is 7.80. The third-order valence-electron chi connectivity index (χ3n) is 8.23. The number of fused-ring (bicyclic) bond motifs is 2. The summed E-state index contributed by atoms with van der Waals surface area (Å²) in [5.41, 5.74) is 4.57. The lowest BCUT2D eigenvalue weighted by Crippen LogP contribution is -2.42. The Labute approximate surface area is 258 Å². The second kappa shape index (κ2) is 11.4. The van der Waals surface area contributed by atoms with Crippen LogP contribution < -0.4 is 0 Å². The molecule has 6 rings (SSSR count). The first-order chi connectivity index (χ1) is 20.8. The van der Waals surface area contributed by atoms with Gasteiger partial charge in [0.25, 0.3) is 0 Å². The van der Waals surface area contributed by atoms with Gasteiger partial charge >= 0.3 is 12.2 Å². The van der Waals surface area contributed by atoms with Gasteiger partial charge in [-0.3, -0.25) is 9.80 Å². The highest BCUT2D eigenvalue weighted by atomic mass is 16.6. The van der Waals surface area contributed by atoms with Crippen LogP contribution in [0.1, 0.15) is 104 Å². The van der Waals surface area contributed by atoms with Crippen molar-refractivity contribution in [3.8, 4) is 11.1 Å². The maximum absolute atomic E-state index is 13.0. The molecule has 44 heavy (non-hydrogen) atoms. The van der Waals surface area contributed by atoms with E-state index in [0.717, 1.165) is 83.4 Å². The fourth-order valence-electron chi connectivity index (χ4n) is 6.24. The van der Waals surface area contributed by atoms with Crippen LogP contribution in [0.4, 0.5) is 9.59 Å². The Bertz CT molecular complexity index is 1550. The highest BCUT2D eigenvalue weighted by molar-refractivity contribution is 5.86. The van der Waals surface area contributed by atoms with Gasteiger partial charge in [-0.2, -0.15) is 0 Å². The van der Waals surface area contributed by atoms with E-state index in [9.17, 15) is 9.59 Å². The van der Waals surface area contributed by atoms with Crippen LogP contribution in [0.15, 0.2) is 36.4 Å².